The molecule has 0 unspecified atom stereocenters. The van der Waals surface area contributed by atoms with Crippen molar-refractivity contribution in [3.05, 3.63) is 65.7 Å². The van der Waals surface area contributed by atoms with Crippen LogP contribution in [0.1, 0.15) is 17.2 Å². The summed E-state index contributed by atoms with van der Waals surface area (Å²) in [6.45, 7) is 2.02. The van der Waals surface area contributed by atoms with Crippen molar-refractivity contribution in [3.63, 3.8) is 0 Å². The second kappa shape index (κ2) is 6.16. The highest BCUT2D eigenvalue weighted by molar-refractivity contribution is 5.95. The molecule has 0 aromatic heterocycles. The lowest BCUT2D eigenvalue weighted by Crippen LogP contribution is -2.30. The summed E-state index contributed by atoms with van der Waals surface area (Å²) in [7, 11) is 1.78. The Morgan fingerprint density at radius 2 is 1.63 bits per heavy atom. The highest BCUT2D eigenvalue weighted by Crippen LogP contribution is 2.16. The Bertz CT molecular complexity index is 534. The summed E-state index contributed by atoms with van der Waals surface area (Å²) in [6.07, 6.45) is 0. The van der Waals surface area contributed by atoms with Crippen molar-refractivity contribution in [1.29, 1.82) is 0 Å². The van der Waals surface area contributed by atoms with Crippen LogP contribution in [0.15, 0.2) is 54.6 Å². The fraction of sp³-hybridized carbons (Fsp3) is 0.188. The molecule has 0 saturated carbocycles. The van der Waals surface area contributed by atoms with Crippen LogP contribution in [-0.2, 0) is 4.79 Å². The Morgan fingerprint density at radius 1 is 1.00 bits per heavy atom. The Balaban J connectivity index is 2.11. The zero-order chi connectivity index (χ0) is 13.7. The number of likely N-dealkylation sites (N-methyl/N-ethyl adjacent to an activating group) is 1. The molecule has 2 N–H and O–H groups in total. The molecule has 2 aromatic rings. The van der Waals surface area contributed by atoms with E-state index in [4.69, 9.17) is 0 Å². The number of anilines is 1. The lowest BCUT2D eigenvalue weighted by Gasteiger charge is -2.16. The Labute approximate surface area is 113 Å². The van der Waals surface area contributed by atoms with E-state index in [1.54, 1.807) is 7.05 Å². The fourth-order valence-electron chi connectivity index (χ4n) is 1.95. The van der Waals surface area contributed by atoms with Gasteiger partial charge in [0.1, 0.15) is 6.04 Å². The van der Waals surface area contributed by atoms with Gasteiger partial charge in [0.15, 0.2) is 0 Å². The lowest BCUT2D eigenvalue weighted by molar-refractivity contribution is -0.118. The molecule has 1 amide bonds. The molecule has 19 heavy (non-hydrogen) atoms. The number of amides is 1. The van der Waals surface area contributed by atoms with E-state index in [0.717, 1.165) is 11.3 Å². The molecule has 0 bridgehead atoms. The molecule has 3 nitrogen and oxygen atoms in total. The van der Waals surface area contributed by atoms with E-state index in [9.17, 15) is 4.79 Å². The summed E-state index contributed by atoms with van der Waals surface area (Å²) in [6, 6.07) is 17.1. The first-order chi connectivity index (χ1) is 9.20. The Morgan fingerprint density at radius 3 is 2.21 bits per heavy atom. The highest BCUT2D eigenvalue weighted by Gasteiger charge is 2.18. The molecule has 1 atom stereocenters. The summed E-state index contributed by atoms with van der Waals surface area (Å²) in [5, 5.41) is 5.95. The molecule has 0 aliphatic carbocycles. The minimum atomic E-state index is -0.345. The van der Waals surface area contributed by atoms with Gasteiger partial charge < -0.3 is 10.6 Å². The zero-order valence-electron chi connectivity index (χ0n) is 11.2. The van der Waals surface area contributed by atoms with Crippen molar-refractivity contribution in [2.24, 2.45) is 0 Å². The summed E-state index contributed by atoms with van der Waals surface area (Å²) in [5.41, 5.74) is 2.94. The summed E-state index contributed by atoms with van der Waals surface area (Å²) >= 11 is 0. The fourth-order valence-corrected chi connectivity index (χ4v) is 1.95. The van der Waals surface area contributed by atoms with Crippen molar-refractivity contribution in [2.45, 2.75) is 13.0 Å². The molecule has 0 heterocycles. The molecular formula is C16H18N2O. The van der Waals surface area contributed by atoms with Gasteiger partial charge in [0.25, 0.3) is 0 Å². The number of carbonyl (C=O) groups is 1. The number of hydrogen-bond acceptors (Lipinski definition) is 2. The van der Waals surface area contributed by atoms with Crippen LogP contribution >= 0.6 is 0 Å². The number of nitrogens with one attached hydrogen (secondary N) is 2. The molecule has 0 spiro atoms. The maximum absolute atomic E-state index is 12.3. The summed E-state index contributed by atoms with van der Waals surface area (Å²) in [5.74, 6) is -0.0578. The third kappa shape index (κ3) is 3.42. The van der Waals surface area contributed by atoms with E-state index in [-0.39, 0.29) is 11.9 Å². The highest BCUT2D eigenvalue weighted by atomic mass is 16.2. The predicted octanol–water partition coefficient (Wildman–Crippen LogP) is 2.89. The van der Waals surface area contributed by atoms with E-state index in [1.165, 1.54) is 5.56 Å². The predicted molar refractivity (Wildman–Crippen MR) is 78.1 cm³/mol. The van der Waals surface area contributed by atoms with Crippen LogP contribution in [0.25, 0.3) is 0 Å². The van der Waals surface area contributed by atoms with E-state index in [0.29, 0.717) is 0 Å². The first-order valence-corrected chi connectivity index (χ1v) is 6.30. The van der Waals surface area contributed by atoms with Gasteiger partial charge in [-0.15, -0.1) is 0 Å². The van der Waals surface area contributed by atoms with Gasteiger partial charge in [0, 0.05) is 5.69 Å². The SMILES string of the molecule is CN[C@H](C(=O)Nc1ccc(C)cc1)c1ccccc1. The van der Waals surface area contributed by atoms with Gasteiger partial charge in [-0.05, 0) is 31.7 Å². The zero-order valence-corrected chi connectivity index (χ0v) is 11.2. The Hall–Kier alpha value is -2.13. The number of benzene rings is 2. The Kier molecular flexibility index (Phi) is 4.31. The quantitative estimate of drug-likeness (QED) is 0.881. The van der Waals surface area contributed by atoms with Crippen LogP contribution in [0.5, 0.6) is 0 Å². The van der Waals surface area contributed by atoms with Crippen molar-refractivity contribution < 1.29 is 4.79 Å². The maximum atomic E-state index is 12.3. The lowest BCUT2D eigenvalue weighted by atomic mass is 10.1. The molecule has 0 aliphatic heterocycles. The minimum Gasteiger partial charge on any atom is -0.324 e. The maximum Gasteiger partial charge on any atom is 0.246 e. The minimum absolute atomic E-state index is 0.0578. The third-order valence-electron chi connectivity index (χ3n) is 3.00. The monoisotopic (exact) mass is 254 g/mol. The van der Waals surface area contributed by atoms with Crippen LogP contribution < -0.4 is 10.6 Å². The molecule has 0 aliphatic rings. The third-order valence-corrected chi connectivity index (χ3v) is 3.00. The van der Waals surface area contributed by atoms with Crippen molar-refractivity contribution >= 4 is 11.6 Å². The van der Waals surface area contributed by atoms with Crippen LogP contribution in [0, 0.1) is 6.92 Å². The van der Waals surface area contributed by atoms with Gasteiger partial charge in [0.2, 0.25) is 5.91 Å². The van der Waals surface area contributed by atoms with Gasteiger partial charge in [-0.25, -0.2) is 0 Å². The van der Waals surface area contributed by atoms with Gasteiger partial charge in [-0.1, -0.05) is 48.0 Å². The molecule has 0 fully saturated rings. The van der Waals surface area contributed by atoms with E-state index in [2.05, 4.69) is 10.6 Å². The average Bonchev–Trinajstić information content (AvgIpc) is 2.43. The van der Waals surface area contributed by atoms with Gasteiger partial charge in [0.05, 0.1) is 0 Å². The van der Waals surface area contributed by atoms with Crippen LogP contribution in [-0.4, -0.2) is 13.0 Å². The van der Waals surface area contributed by atoms with Crippen LogP contribution in [0.3, 0.4) is 0 Å². The summed E-state index contributed by atoms with van der Waals surface area (Å²) < 4.78 is 0. The largest absolute Gasteiger partial charge is 0.324 e. The van der Waals surface area contributed by atoms with E-state index < -0.39 is 0 Å². The van der Waals surface area contributed by atoms with Gasteiger partial charge >= 0.3 is 0 Å². The van der Waals surface area contributed by atoms with Gasteiger partial charge in [-0.2, -0.15) is 0 Å². The normalized spacial score (nSPS) is 11.9. The molecule has 2 aromatic carbocycles. The molecule has 3 heteroatoms. The van der Waals surface area contributed by atoms with E-state index in [1.807, 2.05) is 61.5 Å². The topological polar surface area (TPSA) is 41.1 Å². The van der Waals surface area contributed by atoms with E-state index >= 15 is 0 Å². The van der Waals surface area contributed by atoms with Gasteiger partial charge in [-0.3, -0.25) is 4.79 Å². The van der Waals surface area contributed by atoms with Crippen LogP contribution in [0.4, 0.5) is 5.69 Å². The summed E-state index contributed by atoms with van der Waals surface area (Å²) in [4.78, 5) is 12.3. The first-order valence-electron chi connectivity index (χ1n) is 6.30. The number of rotatable bonds is 4. The first kappa shape index (κ1) is 13.3. The number of carbonyl (C=O) groups excluding carboxylic acids is 1. The molecule has 2 rings (SSSR count). The number of hydrogen-bond donors (Lipinski definition) is 2. The molecule has 0 radical (unpaired) electrons. The van der Waals surface area contributed by atoms with Crippen molar-refractivity contribution in [1.82, 2.24) is 5.32 Å². The second-order valence-corrected chi connectivity index (χ2v) is 4.49. The smallest absolute Gasteiger partial charge is 0.246 e. The standard InChI is InChI=1S/C16H18N2O/c1-12-8-10-14(11-9-12)18-16(19)15(17-2)13-6-4-3-5-7-13/h3-11,15,17H,1-2H3,(H,18,19)/t15-/m0/s1. The molecule has 0 saturated heterocycles. The second-order valence-electron chi connectivity index (χ2n) is 4.49. The average molecular weight is 254 g/mol. The molecule has 98 valence electrons. The number of aryl methyl sites for hydroxylation is 1. The van der Waals surface area contributed by atoms with Crippen LogP contribution in [0.2, 0.25) is 0 Å². The van der Waals surface area contributed by atoms with Crippen molar-refractivity contribution in [3.8, 4) is 0 Å². The molecular weight excluding hydrogens is 236 g/mol. The van der Waals surface area contributed by atoms with Crippen molar-refractivity contribution in [2.75, 3.05) is 12.4 Å².